The Hall–Kier alpha value is -2.57. The normalized spacial score (nSPS) is 13.0. The van der Waals surface area contributed by atoms with Gasteiger partial charge < -0.3 is 20.5 Å². The van der Waals surface area contributed by atoms with Crippen LogP contribution in [0.3, 0.4) is 0 Å². The van der Waals surface area contributed by atoms with Crippen LogP contribution in [-0.4, -0.2) is 35.5 Å². The van der Waals surface area contributed by atoms with Crippen LogP contribution in [0.5, 0.6) is 5.75 Å². The van der Waals surface area contributed by atoms with Gasteiger partial charge in [0.25, 0.3) is 0 Å². The Bertz CT molecular complexity index is 630. The second kappa shape index (κ2) is 10.4. The van der Waals surface area contributed by atoms with Gasteiger partial charge in [0, 0.05) is 12.5 Å². The van der Waals surface area contributed by atoms with Crippen molar-refractivity contribution in [2.24, 2.45) is 5.92 Å². The van der Waals surface area contributed by atoms with Gasteiger partial charge in [0.1, 0.15) is 11.8 Å². The van der Waals surface area contributed by atoms with Gasteiger partial charge in [-0.05, 0) is 25.3 Å². The van der Waals surface area contributed by atoms with E-state index in [9.17, 15) is 19.5 Å². The number of carboxylic acid groups (broad SMARTS) is 1. The summed E-state index contributed by atoms with van der Waals surface area (Å²) in [6, 6.07) is 5.59. The van der Waals surface area contributed by atoms with Crippen LogP contribution in [0.2, 0.25) is 0 Å². The first kappa shape index (κ1) is 21.5. The molecule has 7 nitrogen and oxygen atoms in total. The minimum absolute atomic E-state index is 0.0778. The maximum Gasteiger partial charge on any atom is 0.326 e. The van der Waals surface area contributed by atoms with E-state index in [4.69, 9.17) is 4.74 Å². The lowest BCUT2D eigenvalue weighted by Crippen LogP contribution is -2.43. The molecule has 1 unspecified atom stereocenters. The number of benzene rings is 1. The van der Waals surface area contributed by atoms with Gasteiger partial charge >= 0.3 is 5.97 Å². The first-order valence-electron chi connectivity index (χ1n) is 8.75. The van der Waals surface area contributed by atoms with Crippen molar-refractivity contribution in [3.63, 3.8) is 0 Å². The quantitative estimate of drug-likeness (QED) is 0.591. The van der Waals surface area contributed by atoms with Gasteiger partial charge in [-0.1, -0.05) is 32.0 Å². The maximum absolute atomic E-state index is 12.4. The number of para-hydroxylation sites is 1. The lowest BCUT2D eigenvalue weighted by Gasteiger charge is -2.22. The highest BCUT2D eigenvalue weighted by Crippen LogP contribution is 2.27. The SMILES string of the molecule is CCOc1ccccc1C(CC(=O)N[C@H](CC(C)C)C(=O)O)NC(C)=O. The van der Waals surface area contributed by atoms with Gasteiger partial charge in [-0.2, -0.15) is 0 Å². The van der Waals surface area contributed by atoms with Crippen LogP contribution in [-0.2, 0) is 14.4 Å². The molecule has 0 fully saturated rings. The average Bonchev–Trinajstić information content (AvgIpc) is 2.53. The topological polar surface area (TPSA) is 105 Å². The molecule has 0 saturated carbocycles. The molecule has 0 aromatic heterocycles. The fraction of sp³-hybridized carbons (Fsp3) is 0.526. The summed E-state index contributed by atoms with van der Waals surface area (Å²) in [6.45, 7) is 7.44. The second-order valence-corrected chi connectivity index (χ2v) is 6.52. The van der Waals surface area contributed by atoms with Crippen molar-refractivity contribution in [3.05, 3.63) is 29.8 Å². The molecule has 0 aliphatic carbocycles. The third-order valence-corrected chi connectivity index (χ3v) is 3.70. The summed E-state index contributed by atoms with van der Waals surface area (Å²) in [5.41, 5.74) is 0.676. The van der Waals surface area contributed by atoms with Crippen molar-refractivity contribution in [2.75, 3.05) is 6.61 Å². The van der Waals surface area contributed by atoms with E-state index in [0.717, 1.165) is 0 Å². The molecule has 0 spiro atoms. The molecule has 2 atom stereocenters. The average molecular weight is 364 g/mol. The molecule has 0 saturated heterocycles. The van der Waals surface area contributed by atoms with Crippen LogP contribution in [0, 0.1) is 5.92 Å². The Kier molecular flexibility index (Phi) is 8.61. The number of carbonyl (C=O) groups is 3. The lowest BCUT2D eigenvalue weighted by molar-refractivity contribution is -0.142. The van der Waals surface area contributed by atoms with Crippen LogP contribution in [0.15, 0.2) is 24.3 Å². The van der Waals surface area contributed by atoms with Crippen molar-refractivity contribution in [2.45, 2.75) is 52.6 Å². The predicted molar refractivity (Wildman–Crippen MR) is 97.8 cm³/mol. The van der Waals surface area contributed by atoms with Crippen LogP contribution in [0.4, 0.5) is 0 Å². The third kappa shape index (κ3) is 7.13. The van der Waals surface area contributed by atoms with Crippen LogP contribution < -0.4 is 15.4 Å². The van der Waals surface area contributed by atoms with Crippen LogP contribution in [0.25, 0.3) is 0 Å². The van der Waals surface area contributed by atoms with Crippen molar-refractivity contribution in [1.29, 1.82) is 0 Å². The Balaban J connectivity index is 2.95. The summed E-state index contributed by atoms with van der Waals surface area (Å²) < 4.78 is 5.58. The minimum Gasteiger partial charge on any atom is -0.494 e. The highest BCUT2D eigenvalue weighted by molar-refractivity contribution is 5.84. The molecule has 1 aromatic carbocycles. The molecule has 144 valence electrons. The second-order valence-electron chi connectivity index (χ2n) is 6.52. The summed E-state index contributed by atoms with van der Waals surface area (Å²) >= 11 is 0. The molecule has 2 amide bonds. The van der Waals surface area contributed by atoms with E-state index in [-0.39, 0.29) is 18.2 Å². The number of ether oxygens (including phenoxy) is 1. The van der Waals surface area contributed by atoms with E-state index in [1.165, 1.54) is 6.92 Å². The Morgan fingerprint density at radius 3 is 2.35 bits per heavy atom. The van der Waals surface area contributed by atoms with Gasteiger partial charge in [-0.25, -0.2) is 4.79 Å². The highest BCUT2D eigenvalue weighted by Gasteiger charge is 2.25. The fourth-order valence-corrected chi connectivity index (χ4v) is 2.67. The van der Waals surface area contributed by atoms with Gasteiger partial charge in [-0.3, -0.25) is 9.59 Å². The molecule has 3 N–H and O–H groups in total. The number of amides is 2. The summed E-state index contributed by atoms with van der Waals surface area (Å²) in [7, 11) is 0. The Labute approximate surface area is 154 Å². The lowest BCUT2D eigenvalue weighted by atomic mass is 10.0. The first-order valence-corrected chi connectivity index (χ1v) is 8.75. The van der Waals surface area contributed by atoms with Crippen LogP contribution in [0.1, 0.15) is 52.1 Å². The van der Waals surface area contributed by atoms with Crippen molar-refractivity contribution >= 4 is 17.8 Å². The fourth-order valence-electron chi connectivity index (χ4n) is 2.67. The smallest absolute Gasteiger partial charge is 0.326 e. The van der Waals surface area contributed by atoms with Crippen molar-refractivity contribution < 1.29 is 24.2 Å². The van der Waals surface area contributed by atoms with E-state index < -0.39 is 24.0 Å². The van der Waals surface area contributed by atoms with Crippen LogP contribution >= 0.6 is 0 Å². The van der Waals surface area contributed by atoms with E-state index in [1.54, 1.807) is 18.2 Å². The summed E-state index contributed by atoms with van der Waals surface area (Å²) in [5, 5.41) is 14.6. The molecule has 0 bridgehead atoms. The van der Waals surface area contributed by atoms with Gasteiger partial charge in [0.05, 0.1) is 19.1 Å². The van der Waals surface area contributed by atoms with E-state index in [1.807, 2.05) is 26.8 Å². The molecular formula is C19H28N2O5. The molecule has 7 heteroatoms. The summed E-state index contributed by atoms with van der Waals surface area (Å²) in [6.07, 6.45) is 0.257. The number of rotatable bonds is 10. The zero-order chi connectivity index (χ0) is 19.7. The molecule has 0 aliphatic rings. The zero-order valence-corrected chi connectivity index (χ0v) is 15.7. The number of nitrogens with one attached hydrogen (secondary N) is 2. The number of hydrogen-bond donors (Lipinski definition) is 3. The molecule has 1 rings (SSSR count). The number of carboxylic acids is 1. The Morgan fingerprint density at radius 2 is 1.81 bits per heavy atom. The zero-order valence-electron chi connectivity index (χ0n) is 15.7. The van der Waals surface area contributed by atoms with Crippen molar-refractivity contribution in [1.82, 2.24) is 10.6 Å². The van der Waals surface area contributed by atoms with Gasteiger partial charge in [0.2, 0.25) is 11.8 Å². The van der Waals surface area contributed by atoms with Gasteiger partial charge in [0.15, 0.2) is 0 Å². The maximum atomic E-state index is 12.4. The summed E-state index contributed by atoms with van der Waals surface area (Å²) in [5.74, 6) is -1.09. The van der Waals surface area contributed by atoms with E-state index in [0.29, 0.717) is 24.3 Å². The van der Waals surface area contributed by atoms with Crippen molar-refractivity contribution in [3.8, 4) is 5.75 Å². The Morgan fingerprint density at radius 1 is 1.15 bits per heavy atom. The molecular weight excluding hydrogens is 336 g/mol. The highest BCUT2D eigenvalue weighted by atomic mass is 16.5. The number of hydrogen-bond acceptors (Lipinski definition) is 4. The number of carbonyl (C=O) groups excluding carboxylic acids is 2. The van der Waals surface area contributed by atoms with E-state index in [2.05, 4.69) is 10.6 Å². The largest absolute Gasteiger partial charge is 0.494 e. The standard InChI is InChI=1S/C19H28N2O5/c1-5-26-17-9-7-6-8-14(17)15(20-13(4)22)11-18(23)21-16(19(24)25)10-12(2)3/h6-9,12,15-16H,5,10-11H2,1-4H3,(H,20,22)(H,21,23)(H,24,25)/t15?,16-/m1/s1. The van der Waals surface area contributed by atoms with E-state index >= 15 is 0 Å². The summed E-state index contributed by atoms with van der Waals surface area (Å²) in [4.78, 5) is 35.3. The first-order chi connectivity index (χ1) is 12.2. The molecule has 0 heterocycles. The third-order valence-electron chi connectivity index (χ3n) is 3.70. The number of aliphatic carboxylic acids is 1. The molecule has 0 radical (unpaired) electrons. The van der Waals surface area contributed by atoms with Gasteiger partial charge in [-0.15, -0.1) is 0 Å². The monoisotopic (exact) mass is 364 g/mol. The molecule has 1 aromatic rings. The minimum atomic E-state index is -1.07. The molecule has 26 heavy (non-hydrogen) atoms. The molecule has 0 aliphatic heterocycles. The predicted octanol–water partition coefficient (Wildman–Crippen LogP) is 2.27.